The average Bonchev–Trinajstić information content (AvgIpc) is 3.13. The van der Waals surface area contributed by atoms with Crippen LogP contribution in [0.4, 0.5) is 4.79 Å². The largest absolute Gasteiger partial charge is 0.444 e. The Kier molecular flexibility index (Phi) is 11.9. The fourth-order valence-electron chi connectivity index (χ4n) is 3.21. The van der Waals surface area contributed by atoms with Crippen molar-refractivity contribution in [2.75, 3.05) is 39.8 Å². The van der Waals surface area contributed by atoms with Crippen LogP contribution < -0.4 is 16.0 Å². The highest BCUT2D eigenvalue weighted by atomic mass is 127. The Morgan fingerprint density at radius 3 is 2.72 bits per heavy atom. The maximum atomic E-state index is 11.6. The molecule has 166 valence electrons. The van der Waals surface area contributed by atoms with Crippen LogP contribution in [0.5, 0.6) is 0 Å². The highest BCUT2D eigenvalue weighted by Gasteiger charge is 2.20. The second kappa shape index (κ2) is 13.3. The first-order valence-corrected chi connectivity index (χ1v) is 10.9. The van der Waals surface area contributed by atoms with Gasteiger partial charge in [0.2, 0.25) is 0 Å². The highest BCUT2D eigenvalue weighted by Crippen LogP contribution is 2.19. The van der Waals surface area contributed by atoms with Gasteiger partial charge in [0.15, 0.2) is 5.96 Å². The number of hydrogen-bond acceptors (Lipinski definition) is 5. The predicted octanol–water partition coefficient (Wildman–Crippen LogP) is 3.27. The number of alkyl carbamates (subject to hydrolysis) is 1. The fourth-order valence-corrected chi connectivity index (χ4v) is 3.95. The molecule has 1 saturated heterocycles. The minimum Gasteiger partial charge on any atom is -0.444 e. The summed E-state index contributed by atoms with van der Waals surface area (Å²) in [7, 11) is 1.76. The van der Waals surface area contributed by atoms with E-state index in [0.29, 0.717) is 19.0 Å². The maximum Gasteiger partial charge on any atom is 0.407 e. The Morgan fingerprint density at radius 2 is 2.07 bits per heavy atom. The first-order chi connectivity index (χ1) is 13.4. The lowest BCUT2D eigenvalue weighted by Gasteiger charge is -2.32. The van der Waals surface area contributed by atoms with E-state index in [1.807, 2.05) is 32.1 Å². The lowest BCUT2D eigenvalue weighted by atomic mass is 9.98. The number of guanidine groups is 1. The van der Waals surface area contributed by atoms with Gasteiger partial charge in [-0.2, -0.15) is 0 Å². The second-order valence-corrected chi connectivity index (χ2v) is 9.16. The zero-order valence-corrected chi connectivity index (χ0v) is 21.1. The van der Waals surface area contributed by atoms with Gasteiger partial charge in [-0.3, -0.25) is 9.89 Å². The minimum atomic E-state index is -0.480. The van der Waals surface area contributed by atoms with E-state index in [1.54, 1.807) is 7.05 Å². The second-order valence-electron chi connectivity index (χ2n) is 8.13. The van der Waals surface area contributed by atoms with Gasteiger partial charge in [0.05, 0.1) is 0 Å². The molecule has 7 nitrogen and oxygen atoms in total. The molecule has 0 radical (unpaired) electrons. The number of likely N-dealkylation sites (tertiary alicyclic amines) is 1. The SMILES string of the molecule is CN=C(NCCNC(=O)OC(C)(C)C)NCC1CCCN(Cc2cccs2)C1.I. The predicted molar refractivity (Wildman–Crippen MR) is 131 cm³/mol. The van der Waals surface area contributed by atoms with Crippen molar-refractivity contribution in [2.24, 2.45) is 10.9 Å². The van der Waals surface area contributed by atoms with Crippen molar-refractivity contribution >= 4 is 47.4 Å². The normalized spacial score (nSPS) is 17.9. The van der Waals surface area contributed by atoms with Crippen LogP contribution in [0.3, 0.4) is 0 Å². The summed E-state index contributed by atoms with van der Waals surface area (Å²) in [5.41, 5.74) is -0.480. The molecule has 0 spiro atoms. The average molecular weight is 538 g/mol. The number of carbonyl (C=O) groups is 1. The van der Waals surface area contributed by atoms with Crippen molar-refractivity contribution in [3.63, 3.8) is 0 Å². The Bertz CT molecular complexity index is 619. The standard InChI is InChI=1S/C20H35N5O2S.HI/c1-20(2,3)27-19(26)23-10-9-22-18(21-4)24-13-16-7-5-11-25(14-16)15-17-8-6-12-28-17;/h6,8,12,16H,5,7,9-11,13-15H2,1-4H3,(H,23,26)(H2,21,22,24);1H. The number of halogens is 1. The van der Waals surface area contributed by atoms with Crippen LogP contribution >= 0.6 is 35.3 Å². The molecule has 9 heteroatoms. The third kappa shape index (κ3) is 11.0. The van der Waals surface area contributed by atoms with Gasteiger partial charge in [0.25, 0.3) is 0 Å². The molecule has 1 atom stereocenters. The summed E-state index contributed by atoms with van der Waals surface area (Å²) in [4.78, 5) is 19.9. The quantitative estimate of drug-likeness (QED) is 0.216. The lowest BCUT2D eigenvalue weighted by Crippen LogP contribution is -2.46. The van der Waals surface area contributed by atoms with Crippen LogP contribution in [0.2, 0.25) is 0 Å². The molecule has 1 fully saturated rings. The molecular formula is C20H36IN5O2S. The smallest absolute Gasteiger partial charge is 0.407 e. The molecule has 1 aliphatic heterocycles. The molecule has 1 unspecified atom stereocenters. The molecular weight excluding hydrogens is 501 g/mol. The van der Waals surface area contributed by atoms with E-state index in [4.69, 9.17) is 4.74 Å². The number of thiophene rings is 1. The van der Waals surface area contributed by atoms with Crippen LogP contribution in [0.1, 0.15) is 38.5 Å². The van der Waals surface area contributed by atoms with E-state index < -0.39 is 11.7 Å². The number of piperidine rings is 1. The zero-order valence-electron chi connectivity index (χ0n) is 18.0. The van der Waals surface area contributed by atoms with E-state index in [1.165, 1.54) is 24.3 Å². The molecule has 1 amide bonds. The van der Waals surface area contributed by atoms with Gasteiger partial charge in [-0.1, -0.05) is 6.07 Å². The molecule has 2 heterocycles. The molecule has 0 bridgehead atoms. The Morgan fingerprint density at radius 1 is 1.31 bits per heavy atom. The van der Waals surface area contributed by atoms with Gasteiger partial charge in [0, 0.05) is 44.6 Å². The first kappa shape index (κ1) is 26.0. The monoisotopic (exact) mass is 537 g/mol. The summed E-state index contributed by atoms with van der Waals surface area (Å²) in [6.45, 7) is 10.9. The summed E-state index contributed by atoms with van der Waals surface area (Å²) >= 11 is 1.83. The summed E-state index contributed by atoms with van der Waals surface area (Å²) in [5.74, 6) is 1.38. The number of nitrogens with one attached hydrogen (secondary N) is 3. The summed E-state index contributed by atoms with van der Waals surface area (Å²) in [5, 5.41) is 11.5. The van der Waals surface area contributed by atoms with E-state index in [-0.39, 0.29) is 24.0 Å². The molecule has 1 aromatic rings. The topological polar surface area (TPSA) is 78.0 Å². The lowest BCUT2D eigenvalue weighted by molar-refractivity contribution is 0.0529. The van der Waals surface area contributed by atoms with E-state index in [0.717, 1.165) is 25.6 Å². The summed E-state index contributed by atoms with van der Waals surface area (Å²) < 4.78 is 5.22. The number of aliphatic imine (C=N–C) groups is 1. The minimum absolute atomic E-state index is 0. The van der Waals surface area contributed by atoms with Gasteiger partial charge in [0.1, 0.15) is 5.60 Å². The van der Waals surface area contributed by atoms with Gasteiger partial charge < -0.3 is 20.7 Å². The van der Waals surface area contributed by atoms with Gasteiger partial charge in [-0.25, -0.2) is 4.79 Å². The number of rotatable bonds is 7. The van der Waals surface area contributed by atoms with Gasteiger partial charge >= 0.3 is 6.09 Å². The highest BCUT2D eigenvalue weighted by molar-refractivity contribution is 14.0. The van der Waals surface area contributed by atoms with Gasteiger partial charge in [-0.15, -0.1) is 35.3 Å². The fraction of sp³-hybridized carbons (Fsp3) is 0.700. The molecule has 29 heavy (non-hydrogen) atoms. The van der Waals surface area contributed by atoms with Crippen molar-refractivity contribution in [1.29, 1.82) is 0 Å². The molecule has 1 aliphatic rings. The summed E-state index contributed by atoms with van der Waals surface area (Å²) in [6.07, 6.45) is 2.08. The first-order valence-electron chi connectivity index (χ1n) is 10.0. The molecule has 1 aromatic heterocycles. The molecule has 0 aliphatic carbocycles. The van der Waals surface area contributed by atoms with Crippen molar-refractivity contribution in [3.8, 4) is 0 Å². The summed E-state index contributed by atoms with van der Waals surface area (Å²) in [6, 6.07) is 4.33. The van der Waals surface area contributed by atoms with E-state index in [9.17, 15) is 4.79 Å². The number of nitrogens with zero attached hydrogens (tertiary/aromatic N) is 2. The van der Waals surface area contributed by atoms with Crippen molar-refractivity contribution < 1.29 is 9.53 Å². The molecule has 0 saturated carbocycles. The van der Waals surface area contributed by atoms with Crippen molar-refractivity contribution in [1.82, 2.24) is 20.9 Å². The molecule has 3 N–H and O–H groups in total. The molecule has 2 rings (SSSR count). The van der Waals surface area contributed by atoms with Gasteiger partial charge in [-0.05, 0) is 57.5 Å². The van der Waals surface area contributed by atoms with E-state index >= 15 is 0 Å². The van der Waals surface area contributed by atoms with E-state index in [2.05, 4.69) is 43.4 Å². The Labute approximate surface area is 196 Å². The van der Waals surface area contributed by atoms with Crippen LogP contribution in [0.25, 0.3) is 0 Å². The number of hydrogen-bond donors (Lipinski definition) is 3. The van der Waals surface area contributed by atoms with Crippen molar-refractivity contribution in [3.05, 3.63) is 22.4 Å². The third-order valence-corrected chi connectivity index (χ3v) is 5.29. The maximum absolute atomic E-state index is 11.6. The number of carbonyl (C=O) groups excluding carboxylic acids is 1. The van der Waals surface area contributed by atoms with Crippen LogP contribution in [0.15, 0.2) is 22.5 Å². The molecule has 0 aromatic carbocycles. The van der Waals surface area contributed by atoms with Crippen LogP contribution in [-0.4, -0.2) is 62.3 Å². The third-order valence-electron chi connectivity index (χ3n) is 4.43. The van der Waals surface area contributed by atoms with Crippen LogP contribution in [0, 0.1) is 5.92 Å². The number of amides is 1. The zero-order chi connectivity index (χ0) is 20.4. The Hall–Kier alpha value is -1.07. The van der Waals surface area contributed by atoms with Crippen molar-refractivity contribution in [2.45, 2.75) is 45.8 Å². The van der Waals surface area contributed by atoms with Crippen LogP contribution in [-0.2, 0) is 11.3 Å². The Balaban J connectivity index is 0.00000420. The number of ether oxygens (including phenoxy) is 1.